The van der Waals surface area contributed by atoms with E-state index in [9.17, 15) is 0 Å². The van der Waals surface area contributed by atoms with Gasteiger partial charge in [0, 0.05) is 23.8 Å². The van der Waals surface area contributed by atoms with Gasteiger partial charge in [0.1, 0.15) is 5.15 Å². The first-order valence-electron chi connectivity index (χ1n) is 4.89. The van der Waals surface area contributed by atoms with Crippen LogP contribution in [0.5, 0.6) is 0 Å². The number of para-hydroxylation sites is 1. The van der Waals surface area contributed by atoms with Crippen LogP contribution in [0.1, 0.15) is 0 Å². The van der Waals surface area contributed by atoms with Crippen LogP contribution in [0.25, 0.3) is 16.6 Å². The number of hydrogen-bond donors (Lipinski definition) is 0. The van der Waals surface area contributed by atoms with Gasteiger partial charge >= 0.3 is 0 Å². The van der Waals surface area contributed by atoms with E-state index >= 15 is 0 Å². The van der Waals surface area contributed by atoms with E-state index < -0.39 is 0 Å². The molecule has 3 nitrogen and oxygen atoms in total. The van der Waals surface area contributed by atoms with Crippen molar-refractivity contribution in [2.24, 2.45) is 0 Å². The molecule has 0 bridgehead atoms. The zero-order valence-corrected chi connectivity index (χ0v) is 9.09. The van der Waals surface area contributed by atoms with Gasteiger partial charge in [-0.2, -0.15) is 5.10 Å². The van der Waals surface area contributed by atoms with Crippen molar-refractivity contribution in [2.75, 3.05) is 0 Å². The molecule has 0 atom stereocenters. The van der Waals surface area contributed by atoms with Crippen molar-refractivity contribution in [2.45, 2.75) is 0 Å². The maximum Gasteiger partial charge on any atom is 0.131 e. The van der Waals surface area contributed by atoms with Crippen LogP contribution < -0.4 is 0 Å². The Labute approximate surface area is 97.3 Å². The van der Waals surface area contributed by atoms with Crippen LogP contribution in [0.2, 0.25) is 5.15 Å². The Bertz CT molecular complexity index is 631. The number of halogens is 1. The maximum atomic E-state index is 5.81. The Morgan fingerprint density at radius 3 is 2.75 bits per heavy atom. The zero-order chi connectivity index (χ0) is 11.0. The van der Waals surface area contributed by atoms with E-state index in [2.05, 4.69) is 10.1 Å². The van der Waals surface area contributed by atoms with Gasteiger partial charge in [-0.25, -0.2) is 9.67 Å². The Morgan fingerprint density at radius 1 is 1.12 bits per heavy atom. The molecule has 3 aromatic rings. The summed E-state index contributed by atoms with van der Waals surface area (Å²) in [4.78, 5) is 4.03. The summed E-state index contributed by atoms with van der Waals surface area (Å²) in [7, 11) is 0. The van der Waals surface area contributed by atoms with Gasteiger partial charge in [-0.15, -0.1) is 0 Å². The maximum absolute atomic E-state index is 5.81. The molecule has 0 aliphatic heterocycles. The molecule has 0 unspecified atom stereocenters. The summed E-state index contributed by atoms with van der Waals surface area (Å²) in [6.45, 7) is 0. The molecule has 2 heterocycles. The van der Waals surface area contributed by atoms with Crippen LogP contribution in [0.4, 0.5) is 0 Å². The molecule has 0 N–H and O–H groups in total. The number of hydrogen-bond acceptors (Lipinski definition) is 2. The molecular formula is C12H8ClN3. The summed E-state index contributed by atoms with van der Waals surface area (Å²) in [6, 6.07) is 11.7. The van der Waals surface area contributed by atoms with Gasteiger partial charge in [-0.1, -0.05) is 29.8 Å². The smallest absolute Gasteiger partial charge is 0.131 e. The highest BCUT2D eigenvalue weighted by atomic mass is 35.5. The number of pyridine rings is 1. The normalized spacial score (nSPS) is 10.8. The van der Waals surface area contributed by atoms with Crippen LogP contribution in [-0.4, -0.2) is 14.8 Å². The average Bonchev–Trinajstić information content (AvgIpc) is 2.73. The van der Waals surface area contributed by atoms with E-state index in [-0.39, 0.29) is 0 Å². The SMILES string of the molecule is Clc1cc2nn(-c3ccccc3)cc2cn1. The first-order chi connectivity index (χ1) is 7.83. The van der Waals surface area contributed by atoms with E-state index in [0.717, 1.165) is 16.6 Å². The fourth-order valence-electron chi connectivity index (χ4n) is 1.61. The molecule has 2 aromatic heterocycles. The molecular weight excluding hydrogens is 222 g/mol. The number of aromatic nitrogens is 3. The second kappa shape index (κ2) is 3.61. The molecule has 0 saturated heterocycles. The molecule has 0 amide bonds. The first-order valence-corrected chi connectivity index (χ1v) is 5.27. The van der Waals surface area contributed by atoms with Gasteiger partial charge in [-0.3, -0.25) is 0 Å². The van der Waals surface area contributed by atoms with Crippen LogP contribution in [0.15, 0.2) is 48.8 Å². The average molecular weight is 230 g/mol. The Hall–Kier alpha value is -1.87. The third-order valence-electron chi connectivity index (χ3n) is 2.38. The van der Waals surface area contributed by atoms with Gasteiger partial charge in [0.15, 0.2) is 0 Å². The van der Waals surface area contributed by atoms with E-state index in [1.807, 2.05) is 41.2 Å². The van der Waals surface area contributed by atoms with Crippen molar-refractivity contribution in [3.05, 3.63) is 53.9 Å². The summed E-state index contributed by atoms with van der Waals surface area (Å²) >= 11 is 5.81. The summed E-state index contributed by atoms with van der Waals surface area (Å²) in [5.74, 6) is 0. The van der Waals surface area contributed by atoms with E-state index in [1.54, 1.807) is 12.3 Å². The minimum atomic E-state index is 0.464. The lowest BCUT2D eigenvalue weighted by molar-refractivity contribution is 0.896. The van der Waals surface area contributed by atoms with Gasteiger partial charge < -0.3 is 0 Å². The van der Waals surface area contributed by atoms with Crippen LogP contribution >= 0.6 is 11.6 Å². The Balaban J connectivity index is 2.19. The Morgan fingerprint density at radius 2 is 1.94 bits per heavy atom. The van der Waals surface area contributed by atoms with E-state index in [1.165, 1.54) is 0 Å². The second-order valence-electron chi connectivity index (χ2n) is 3.48. The highest BCUT2D eigenvalue weighted by Gasteiger charge is 2.03. The summed E-state index contributed by atoms with van der Waals surface area (Å²) in [5, 5.41) is 5.88. The molecule has 3 rings (SSSR count). The monoisotopic (exact) mass is 229 g/mol. The summed E-state index contributed by atoms with van der Waals surface area (Å²) < 4.78 is 1.82. The number of fused-ring (bicyclic) bond motifs is 1. The third-order valence-corrected chi connectivity index (χ3v) is 2.58. The largest absolute Gasteiger partial charge is 0.244 e. The van der Waals surface area contributed by atoms with Crippen molar-refractivity contribution in [3.8, 4) is 5.69 Å². The highest BCUT2D eigenvalue weighted by Crippen LogP contribution is 2.17. The molecule has 0 saturated carbocycles. The molecule has 78 valence electrons. The topological polar surface area (TPSA) is 30.7 Å². The van der Waals surface area contributed by atoms with E-state index in [0.29, 0.717) is 5.15 Å². The first kappa shape index (κ1) is 9.36. The van der Waals surface area contributed by atoms with Gasteiger partial charge in [0.2, 0.25) is 0 Å². The predicted molar refractivity (Wildman–Crippen MR) is 63.9 cm³/mol. The zero-order valence-electron chi connectivity index (χ0n) is 8.34. The van der Waals surface area contributed by atoms with Gasteiger partial charge in [-0.05, 0) is 12.1 Å². The molecule has 0 aliphatic rings. The highest BCUT2D eigenvalue weighted by molar-refractivity contribution is 6.29. The lowest BCUT2D eigenvalue weighted by atomic mass is 10.3. The molecule has 1 aromatic carbocycles. The number of rotatable bonds is 1. The van der Waals surface area contributed by atoms with Crippen molar-refractivity contribution in [3.63, 3.8) is 0 Å². The quantitative estimate of drug-likeness (QED) is 0.601. The van der Waals surface area contributed by atoms with Crippen molar-refractivity contribution in [1.29, 1.82) is 0 Å². The molecule has 4 heteroatoms. The molecule has 0 radical (unpaired) electrons. The lowest BCUT2D eigenvalue weighted by Crippen LogP contribution is -1.92. The summed E-state index contributed by atoms with van der Waals surface area (Å²) in [5.41, 5.74) is 1.87. The summed E-state index contributed by atoms with van der Waals surface area (Å²) in [6.07, 6.45) is 3.66. The second-order valence-corrected chi connectivity index (χ2v) is 3.86. The third kappa shape index (κ3) is 1.55. The fraction of sp³-hybridized carbons (Fsp3) is 0. The van der Waals surface area contributed by atoms with Gasteiger partial charge in [0.25, 0.3) is 0 Å². The van der Waals surface area contributed by atoms with E-state index in [4.69, 9.17) is 11.6 Å². The van der Waals surface area contributed by atoms with Crippen LogP contribution in [0, 0.1) is 0 Å². The lowest BCUT2D eigenvalue weighted by Gasteiger charge is -1.98. The molecule has 16 heavy (non-hydrogen) atoms. The minimum absolute atomic E-state index is 0.464. The molecule has 0 aliphatic carbocycles. The minimum Gasteiger partial charge on any atom is -0.244 e. The standard InChI is InChI=1S/C12H8ClN3/c13-12-6-11-9(7-14-12)8-16(15-11)10-4-2-1-3-5-10/h1-8H. The number of nitrogens with zero attached hydrogens (tertiary/aromatic N) is 3. The van der Waals surface area contributed by atoms with Crippen molar-refractivity contribution < 1.29 is 0 Å². The number of benzene rings is 1. The van der Waals surface area contributed by atoms with Crippen LogP contribution in [-0.2, 0) is 0 Å². The predicted octanol–water partition coefficient (Wildman–Crippen LogP) is 3.07. The van der Waals surface area contributed by atoms with Crippen LogP contribution in [0.3, 0.4) is 0 Å². The van der Waals surface area contributed by atoms with Gasteiger partial charge in [0.05, 0.1) is 11.2 Å². The Kier molecular flexibility index (Phi) is 2.11. The molecule has 0 fully saturated rings. The van der Waals surface area contributed by atoms with Crippen molar-refractivity contribution >= 4 is 22.5 Å². The molecule has 0 spiro atoms. The van der Waals surface area contributed by atoms with Crippen molar-refractivity contribution in [1.82, 2.24) is 14.8 Å². The fourth-order valence-corrected chi connectivity index (χ4v) is 1.76.